The van der Waals surface area contributed by atoms with Crippen LogP contribution in [-0.2, 0) is 9.59 Å². The Kier molecular flexibility index (Phi) is 4.61. The van der Waals surface area contributed by atoms with Crippen LogP contribution in [0.2, 0.25) is 0 Å². The predicted octanol–water partition coefficient (Wildman–Crippen LogP) is 1.79. The molecule has 1 unspecified atom stereocenters. The Morgan fingerprint density at radius 1 is 1.00 bits per heavy atom. The van der Waals surface area contributed by atoms with Gasteiger partial charge in [-0.05, 0) is 38.5 Å². The highest BCUT2D eigenvalue weighted by Gasteiger charge is 2.34. The van der Waals surface area contributed by atoms with Gasteiger partial charge >= 0.3 is 0 Å². The van der Waals surface area contributed by atoms with Crippen molar-refractivity contribution in [3.8, 4) is 0 Å². The maximum absolute atomic E-state index is 12.5. The molecule has 4 nitrogen and oxygen atoms in total. The molecule has 2 aliphatic heterocycles. The van der Waals surface area contributed by atoms with E-state index >= 15 is 0 Å². The van der Waals surface area contributed by atoms with Crippen LogP contribution in [0.15, 0.2) is 0 Å². The van der Waals surface area contributed by atoms with Gasteiger partial charge in [0.1, 0.15) is 6.04 Å². The topological polar surface area (TPSA) is 40.6 Å². The molecule has 2 aliphatic rings. The highest BCUT2D eigenvalue weighted by atomic mass is 16.2. The van der Waals surface area contributed by atoms with Gasteiger partial charge in [0.15, 0.2) is 0 Å². The second kappa shape index (κ2) is 6.21. The summed E-state index contributed by atoms with van der Waals surface area (Å²) < 4.78 is 0. The number of hydrogen-bond acceptors (Lipinski definition) is 2. The van der Waals surface area contributed by atoms with Crippen molar-refractivity contribution in [3.63, 3.8) is 0 Å². The SMILES string of the molecule is CCC(=O)N1CCCCC1C(=O)N1CCCCC1. The minimum Gasteiger partial charge on any atom is -0.341 e. The lowest BCUT2D eigenvalue weighted by Gasteiger charge is -2.38. The fourth-order valence-electron chi connectivity index (χ4n) is 3.01. The molecule has 2 fully saturated rings. The van der Waals surface area contributed by atoms with Crippen LogP contribution in [0.1, 0.15) is 51.9 Å². The number of carbonyl (C=O) groups excluding carboxylic acids is 2. The molecule has 1 atom stereocenters. The molecule has 2 heterocycles. The van der Waals surface area contributed by atoms with E-state index in [2.05, 4.69) is 0 Å². The largest absolute Gasteiger partial charge is 0.341 e. The molecular weight excluding hydrogens is 228 g/mol. The first kappa shape index (κ1) is 13.4. The van der Waals surface area contributed by atoms with Gasteiger partial charge in [0.25, 0.3) is 0 Å². The molecule has 0 saturated carbocycles. The van der Waals surface area contributed by atoms with Crippen LogP contribution in [0.25, 0.3) is 0 Å². The molecule has 0 bridgehead atoms. The van der Waals surface area contributed by atoms with Crippen LogP contribution in [0.5, 0.6) is 0 Å². The van der Waals surface area contributed by atoms with Crippen LogP contribution < -0.4 is 0 Å². The van der Waals surface area contributed by atoms with Gasteiger partial charge in [0, 0.05) is 26.1 Å². The summed E-state index contributed by atoms with van der Waals surface area (Å²) in [5, 5.41) is 0. The molecule has 0 radical (unpaired) electrons. The fourth-order valence-corrected chi connectivity index (χ4v) is 3.01. The van der Waals surface area contributed by atoms with E-state index in [-0.39, 0.29) is 17.9 Å². The Hall–Kier alpha value is -1.06. The lowest BCUT2D eigenvalue weighted by molar-refractivity contribution is -0.148. The molecule has 0 spiro atoms. The number of piperidine rings is 2. The quantitative estimate of drug-likeness (QED) is 0.752. The Balaban J connectivity index is 2.03. The molecule has 2 amide bonds. The summed E-state index contributed by atoms with van der Waals surface area (Å²) in [4.78, 5) is 28.2. The smallest absolute Gasteiger partial charge is 0.245 e. The molecule has 0 aromatic heterocycles. The fraction of sp³-hybridized carbons (Fsp3) is 0.857. The maximum atomic E-state index is 12.5. The Morgan fingerprint density at radius 3 is 2.33 bits per heavy atom. The standard InChI is InChI=1S/C14H24N2O2/c1-2-13(17)16-11-7-4-8-12(16)14(18)15-9-5-3-6-10-15/h12H,2-11H2,1H3. The molecule has 18 heavy (non-hydrogen) atoms. The van der Waals surface area contributed by atoms with Crippen LogP contribution >= 0.6 is 0 Å². The van der Waals surface area contributed by atoms with Crippen LogP contribution in [0, 0.1) is 0 Å². The summed E-state index contributed by atoms with van der Waals surface area (Å²) in [5.41, 5.74) is 0. The minimum atomic E-state index is -0.177. The minimum absolute atomic E-state index is 0.130. The van der Waals surface area contributed by atoms with E-state index in [4.69, 9.17) is 0 Å². The van der Waals surface area contributed by atoms with Crippen molar-refractivity contribution < 1.29 is 9.59 Å². The molecular formula is C14H24N2O2. The van der Waals surface area contributed by atoms with Crippen molar-refractivity contribution in [2.45, 2.75) is 57.9 Å². The number of likely N-dealkylation sites (tertiary alicyclic amines) is 2. The van der Waals surface area contributed by atoms with Gasteiger partial charge in [0.2, 0.25) is 11.8 Å². The van der Waals surface area contributed by atoms with Gasteiger partial charge in [0.05, 0.1) is 0 Å². The number of rotatable bonds is 2. The van der Waals surface area contributed by atoms with E-state index in [0.717, 1.165) is 51.7 Å². The average molecular weight is 252 g/mol. The number of carbonyl (C=O) groups is 2. The van der Waals surface area contributed by atoms with E-state index in [1.54, 1.807) is 0 Å². The first-order valence-electron chi connectivity index (χ1n) is 7.32. The Bertz CT molecular complexity index is 311. The normalized spacial score (nSPS) is 25.1. The highest BCUT2D eigenvalue weighted by molar-refractivity contribution is 5.87. The zero-order valence-corrected chi connectivity index (χ0v) is 11.4. The second-order valence-electron chi connectivity index (χ2n) is 5.34. The van der Waals surface area contributed by atoms with Crippen molar-refractivity contribution in [3.05, 3.63) is 0 Å². The van der Waals surface area contributed by atoms with E-state index < -0.39 is 0 Å². The molecule has 2 saturated heterocycles. The molecule has 0 aromatic rings. The zero-order valence-electron chi connectivity index (χ0n) is 11.4. The van der Waals surface area contributed by atoms with E-state index in [0.29, 0.717) is 6.42 Å². The van der Waals surface area contributed by atoms with Gasteiger partial charge in [-0.25, -0.2) is 0 Å². The van der Waals surface area contributed by atoms with Gasteiger partial charge in [-0.2, -0.15) is 0 Å². The third kappa shape index (κ3) is 2.85. The second-order valence-corrected chi connectivity index (χ2v) is 5.34. The molecule has 0 aliphatic carbocycles. The van der Waals surface area contributed by atoms with Crippen molar-refractivity contribution in [1.82, 2.24) is 9.80 Å². The van der Waals surface area contributed by atoms with E-state index in [9.17, 15) is 9.59 Å². The van der Waals surface area contributed by atoms with Gasteiger partial charge < -0.3 is 9.80 Å². The first-order valence-corrected chi connectivity index (χ1v) is 7.32. The van der Waals surface area contributed by atoms with Crippen molar-refractivity contribution in [1.29, 1.82) is 0 Å². The zero-order chi connectivity index (χ0) is 13.0. The van der Waals surface area contributed by atoms with Crippen molar-refractivity contribution in [2.24, 2.45) is 0 Å². The summed E-state index contributed by atoms with van der Waals surface area (Å²) in [6, 6.07) is -0.177. The number of nitrogens with zero attached hydrogens (tertiary/aromatic N) is 2. The Morgan fingerprint density at radius 2 is 1.67 bits per heavy atom. The summed E-state index contributed by atoms with van der Waals surface area (Å²) in [6.45, 7) is 4.39. The van der Waals surface area contributed by atoms with E-state index in [1.165, 1.54) is 6.42 Å². The molecule has 0 N–H and O–H groups in total. The first-order chi connectivity index (χ1) is 8.74. The average Bonchev–Trinajstić information content (AvgIpc) is 2.46. The lowest BCUT2D eigenvalue weighted by atomic mass is 9.99. The predicted molar refractivity (Wildman–Crippen MR) is 70.1 cm³/mol. The van der Waals surface area contributed by atoms with E-state index in [1.807, 2.05) is 16.7 Å². The van der Waals surface area contributed by atoms with Crippen LogP contribution in [0.3, 0.4) is 0 Å². The molecule has 102 valence electrons. The summed E-state index contributed by atoms with van der Waals surface area (Å²) in [7, 11) is 0. The molecule has 4 heteroatoms. The van der Waals surface area contributed by atoms with Gasteiger partial charge in [-0.1, -0.05) is 6.92 Å². The summed E-state index contributed by atoms with van der Waals surface area (Å²) in [6.07, 6.45) is 6.91. The van der Waals surface area contributed by atoms with Crippen LogP contribution in [-0.4, -0.2) is 47.3 Å². The molecule has 2 rings (SSSR count). The highest BCUT2D eigenvalue weighted by Crippen LogP contribution is 2.21. The monoisotopic (exact) mass is 252 g/mol. The summed E-state index contributed by atoms with van der Waals surface area (Å²) in [5.74, 6) is 0.321. The third-order valence-electron chi connectivity index (χ3n) is 4.08. The third-order valence-corrected chi connectivity index (χ3v) is 4.08. The number of hydrogen-bond donors (Lipinski definition) is 0. The maximum Gasteiger partial charge on any atom is 0.245 e. The van der Waals surface area contributed by atoms with Gasteiger partial charge in [-0.3, -0.25) is 9.59 Å². The lowest BCUT2D eigenvalue weighted by Crippen LogP contribution is -2.53. The molecule has 0 aromatic carbocycles. The van der Waals surface area contributed by atoms with Crippen molar-refractivity contribution in [2.75, 3.05) is 19.6 Å². The number of amides is 2. The van der Waals surface area contributed by atoms with Gasteiger partial charge in [-0.15, -0.1) is 0 Å². The Labute approximate surface area is 109 Å². The van der Waals surface area contributed by atoms with Crippen LogP contribution in [0.4, 0.5) is 0 Å². The summed E-state index contributed by atoms with van der Waals surface area (Å²) >= 11 is 0. The van der Waals surface area contributed by atoms with Crippen molar-refractivity contribution >= 4 is 11.8 Å².